The molecule has 29 heavy (non-hydrogen) atoms. The van der Waals surface area contributed by atoms with Gasteiger partial charge in [0.25, 0.3) is 17.4 Å². The summed E-state index contributed by atoms with van der Waals surface area (Å²) in [7, 11) is 0. The summed E-state index contributed by atoms with van der Waals surface area (Å²) < 4.78 is 5.26. The summed E-state index contributed by atoms with van der Waals surface area (Å²) in [4.78, 5) is 47.3. The van der Waals surface area contributed by atoms with Crippen LogP contribution in [0.1, 0.15) is 20.7 Å². The Balaban J connectivity index is 1.47. The number of pyridine rings is 2. The average Bonchev–Trinajstić information content (AvgIpc) is 3.28. The molecule has 2 amide bonds. The predicted octanol–water partition coefficient (Wildman–Crippen LogP) is 1.09. The van der Waals surface area contributed by atoms with Crippen molar-refractivity contribution in [3.05, 3.63) is 70.3 Å². The molecule has 3 N–H and O–H groups in total. The standard InChI is InChI=1S/C20H19N5O4/c21-17(26)13-3-1-7-22-18(13)24-8-10-25(11-9-24)20(28)14-5-6-15(23-19(14)27)16-4-2-12-29-16/h1-7,12H,8-11H2,(H2,21,26)(H,23,27). The zero-order valence-corrected chi connectivity index (χ0v) is 15.5. The molecule has 148 valence electrons. The number of primary amides is 1. The molecule has 0 bridgehead atoms. The van der Waals surface area contributed by atoms with Gasteiger partial charge in [-0.3, -0.25) is 14.4 Å². The molecule has 3 aromatic rings. The van der Waals surface area contributed by atoms with Crippen LogP contribution in [0.4, 0.5) is 5.82 Å². The lowest BCUT2D eigenvalue weighted by molar-refractivity contribution is 0.0744. The van der Waals surface area contributed by atoms with E-state index in [9.17, 15) is 14.4 Å². The monoisotopic (exact) mass is 393 g/mol. The highest BCUT2D eigenvalue weighted by Gasteiger charge is 2.26. The second kappa shape index (κ2) is 7.63. The van der Waals surface area contributed by atoms with Gasteiger partial charge in [0, 0.05) is 32.4 Å². The molecule has 0 saturated carbocycles. The molecule has 0 aromatic carbocycles. The van der Waals surface area contributed by atoms with Crippen molar-refractivity contribution in [2.75, 3.05) is 31.1 Å². The van der Waals surface area contributed by atoms with E-state index in [0.29, 0.717) is 49.0 Å². The van der Waals surface area contributed by atoms with E-state index in [1.807, 2.05) is 4.90 Å². The number of hydrogen-bond acceptors (Lipinski definition) is 6. The first-order valence-corrected chi connectivity index (χ1v) is 9.11. The number of nitrogens with zero attached hydrogens (tertiary/aromatic N) is 3. The highest BCUT2D eigenvalue weighted by molar-refractivity contribution is 5.98. The summed E-state index contributed by atoms with van der Waals surface area (Å²) in [6, 6.07) is 9.89. The third-order valence-electron chi connectivity index (χ3n) is 4.85. The van der Waals surface area contributed by atoms with E-state index in [1.54, 1.807) is 41.4 Å². The number of rotatable bonds is 4. The van der Waals surface area contributed by atoms with Gasteiger partial charge in [0.15, 0.2) is 0 Å². The van der Waals surface area contributed by atoms with Crippen molar-refractivity contribution < 1.29 is 14.0 Å². The summed E-state index contributed by atoms with van der Waals surface area (Å²) in [6.07, 6.45) is 3.11. The van der Waals surface area contributed by atoms with Gasteiger partial charge in [-0.2, -0.15) is 0 Å². The van der Waals surface area contributed by atoms with Crippen LogP contribution in [0.25, 0.3) is 11.5 Å². The fraction of sp³-hybridized carbons (Fsp3) is 0.200. The van der Waals surface area contributed by atoms with Gasteiger partial charge in [0.05, 0.1) is 17.5 Å². The van der Waals surface area contributed by atoms with E-state index in [1.165, 1.54) is 12.3 Å². The third kappa shape index (κ3) is 3.62. The first-order valence-electron chi connectivity index (χ1n) is 9.11. The second-order valence-corrected chi connectivity index (χ2v) is 6.61. The molecule has 0 spiro atoms. The van der Waals surface area contributed by atoms with Crippen molar-refractivity contribution in [3.8, 4) is 11.5 Å². The van der Waals surface area contributed by atoms with Gasteiger partial charge in [-0.15, -0.1) is 0 Å². The molecule has 3 aromatic heterocycles. The molecule has 0 radical (unpaired) electrons. The Labute approximate surface area is 165 Å². The quantitative estimate of drug-likeness (QED) is 0.683. The van der Waals surface area contributed by atoms with E-state index in [4.69, 9.17) is 10.2 Å². The maximum atomic E-state index is 12.8. The highest BCUT2D eigenvalue weighted by Crippen LogP contribution is 2.20. The Kier molecular flexibility index (Phi) is 4.86. The van der Waals surface area contributed by atoms with Crippen LogP contribution in [0.5, 0.6) is 0 Å². The smallest absolute Gasteiger partial charge is 0.261 e. The van der Waals surface area contributed by atoms with Crippen LogP contribution < -0.4 is 16.2 Å². The number of anilines is 1. The maximum Gasteiger partial charge on any atom is 0.261 e. The topological polar surface area (TPSA) is 126 Å². The number of nitrogens with one attached hydrogen (secondary N) is 1. The first kappa shape index (κ1) is 18.5. The number of hydrogen-bond donors (Lipinski definition) is 2. The molecule has 4 rings (SSSR count). The fourth-order valence-corrected chi connectivity index (χ4v) is 3.35. The van der Waals surface area contributed by atoms with Crippen LogP contribution in [0.2, 0.25) is 0 Å². The molecule has 9 heteroatoms. The lowest BCUT2D eigenvalue weighted by Crippen LogP contribution is -2.50. The Morgan fingerprint density at radius 2 is 1.83 bits per heavy atom. The third-order valence-corrected chi connectivity index (χ3v) is 4.85. The summed E-state index contributed by atoms with van der Waals surface area (Å²) in [5.74, 6) is 0.144. The molecule has 1 saturated heterocycles. The summed E-state index contributed by atoms with van der Waals surface area (Å²) in [6.45, 7) is 1.75. The number of H-pyrrole nitrogens is 1. The van der Waals surface area contributed by atoms with Gasteiger partial charge in [-0.05, 0) is 36.4 Å². The van der Waals surface area contributed by atoms with E-state index < -0.39 is 11.5 Å². The van der Waals surface area contributed by atoms with Gasteiger partial charge < -0.3 is 24.9 Å². The summed E-state index contributed by atoms with van der Waals surface area (Å²) in [5.41, 5.74) is 5.88. The second-order valence-electron chi connectivity index (χ2n) is 6.61. The van der Waals surface area contributed by atoms with Crippen LogP contribution >= 0.6 is 0 Å². The zero-order valence-electron chi connectivity index (χ0n) is 15.5. The van der Waals surface area contributed by atoms with E-state index in [0.717, 1.165) is 0 Å². The number of amides is 2. The van der Waals surface area contributed by atoms with Gasteiger partial charge in [0.1, 0.15) is 17.1 Å². The van der Waals surface area contributed by atoms with Gasteiger partial charge >= 0.3 is 0 Å². The lowest BCUT2D eigenvalue weighted by atomic mass is 10.1. The molecule has 4 heterocycles. The minimum Gasteiger partial charge on any atom is -0.463 e. The maximum absolute atomic E-state index is 12.8. The van der Waals surface area contributed by atoms with Crippen molar-refractivity contribution in [1.82, 2.24) is 14.9 Å². The van der Waals surface area contributed by atoms with Crippen molar-refractivity contribution in [2.24, 2.45) is 5.73 Å². The summed E-state index contributed by atoms with van der Waals surface area (Å²) in [5, 5.41) is 0. The highest BCUT2D eigenvalue weighted by atomic mass is 16.3. The Morgan fingerprint density at radius 3 is 2.48 bits per heavy atom. The molecular weight excluding hydrogens is 374 g/mol. The van der Waals surface area contributed by atoms with Gasteiger partial charge in [0.2, 0.25) is 0 Å². The van der Waals surface area contributed by atoms with Crippen molar-refractivity contribution in [1.29, 1.82) is 0 Å². The number of furan rings is 1. The van der Waals surface area contributed by atoms with Crippen LogP contribution in [0, 0.1) is 0 Å². The minimum atomic E-state index is -0.546. The number of carbonyl (C=O) groups excluding carboxylic acids is 2. The van der Waals surface area contributed by atoms with Gasteiger partial charge in [-0.25, -0.2) is 4.98 Å². The summed E-state index contributed by atoms with van der Waals surface area (Å²) >= 11 is 0. The molecule has 9 nitrogen and oxygen atoms in total. The number of aromatic amines is 1. The van der Waals surface area contributed by atoms with E-state index in [-0.39, 0.29) is 11.5 Å². The average molecular weight is 393 g/mol. The molecule has 1 aliphatic heterocycles. The largest absolute Gasteiger partial charge is 0.463 e. The van der Waals surface area contributed by atoms with Crippen LogP contribution in [-0.2, 0) is 0 Å². The van der Waals surface area contributed by atoms with Gasteiger partial charge in [-0.1, -0.05) is 0 Å². The first-order chi connectivity index (χ1) is 14.0. The molecule has 1 aliphatic rings. The number of aromatic nitrogens is 2. The minimum absolute atomic E-state index is 0.0735. The molecular formula is C20H19N5O4. The zero-order chi connectivity index (χ0) is 20.4. The van der Waals surface area contributed by atoms with E-state index in [2.05, 4.69) is 9.97 Å². The van der Waals surface area contributed by atoms with Crippen molar-refractivity contribution in [2.45, 2.75) is 0 Å². The number of piperazine rings is 1. The van der Waals surface area contributed by atoms with Crippen LogP contribution in [0.3, 0.4) is 0 Å². The van der Waals surface area contributed by atoms with E-state index >= 15 is 0 Å². The number of carbonyl (C=O) groups is 2. The SMILES string of the molecule is NC(=O)c1cccnc1N1CCN(C(=O)c2ccc(-c3ccco3)[nH]c2=O)CC1. The van der Waals surface area contributed by atoms with Crippen molar-refractivity contribution in [3.63, 3.8) is 0 Å². The molecule has 0 atom stereocenters. The van der Waals surface area contributed by atoms with Crippen LogP contribution in [-0.4, -0.2) is 52.9 Å². The Hall–Kier alpha value is -3.88. The number of nitrogens with two attached hydrogens (primary N) is 1. The fourth-order valence-electron chi connectivity index (χ4n) is 3.35. The van der Waals surface area contributed by atoms with Crippen molar-refractivity contribution >= 4 is 17.6 Å². The normalized spacial score (nSPS) is 14.1. The predicted molar refractivity (Wildman–Crippen MR) is 106 cm³/mol. The van der Waals surface area contributed by atoms with Crippen LogP contribution in [0.15, 0.2) is 58.1 Å². The molecule has 1 fully saturated rings. The lowest BCUT2D eigenvalue weighted by Gasteiger charge is -2.35. The molecule has 0 aliphatic carbocycles. The molecule has 0 unspecified atom stereocenters. The Bertz CT molecular complexity index is 1100. The Morgan fingerprint density at radius 1 is 1.03 bits per heavy atom.